The molecule has 1 aromatic heterocycles. The number of carbonyl (C=O) groups excluding carboxylic acids is 1. The fraction of sp³-hybridized carbons (Fsp3) is 0.333. The molecule has 186 valence electrons. The number of para-hydroxylation sites is 2. The lowest BCUT2D eigenvalue weighted by Crippen LogP contribution is -2.40. The Hall–Kier alpha value is -3.24. The third-order valence-corrected chi connectivity index (χ3v) is 5.90. The van der Waals surface area contributed by atoms with Crippen molar-refractivity contribution >= 4 is 17.6 Å². The van der Waals surface area contributed by atoms with Gasteiger partial charge in [0.2, 0.25) is 5.88 Å². The number of methoxy groups -OCH3 is 1. The number of nitrogens with zero attached hydrogens (tertiary/aromatic N) is 2. The second kappa shape index (κ2) is 10.6. The third-order valence-electron chi connectivity index (χ3n) is 5.65. The van der Waals surface area contributed by atoms with Gasteiger partial charge >= 0.3 is 12.1 Å². The normalized spacial score (nSPS) is 18.2. The molecule has 1 aliphatic carbocycles. The molecule has 0 saturated heterocycles. The maximum Gasteiger partial charge on any atom is 0.492 e. The van der Waals surface area contributed by atoms with Crippen molar-refractivity contribution in [1.29, 1.82) is 0 Å². The van der Waals surface area contributed by atoms with Gasteiger partial charge in [0.05, 0.1) is 12.8 Å². The first-order valence-corrected chi connectivity index (χ1v) is 11.3. The number of halogens is 4. The zero-order valence-electron chi connectivity index (χ0n) is 18.7. The number of ether oxygens (including phenoxy) is 2. The minimum absolute atomic E-state index is 0.189. The highest BCUT2D eigenvalue weighted by Crippen LogP contribution is 2.33. The number of benzene rings is 2. The standard InChI is InChI=1S/C24H23ClF3N3O4/c1-33-21-5-3-2-4-19(21)31-20(15-6-8-16(25)9-7-15)14-22(29-31)34-18-12-10-17(11-13-18)30-35-23(32)24(26,27)28/h2-9,14,17-18,30H,10-13H2,1H3. The van der Waals surface area contributed by atoms with E-state index >= 15 is 0 Å². The maximum absolute atomic E-state index is 12.3. The predicted molar refractivity (Wildman–Crippen MR) is 123 cm³/mol. The molecule has 4 rings (SSSR count). The highest BCUT2D eigenvalue weighted by molar-refractivity contribution is 6.30. The first kappa shape index (κ1) is 24.9. The topological polar surface area (TPSA) is 74.6 Å². The summed E-state index contributed by atoms with van der Waals surface area (Å²) in [7, 11) is 1.58. The van der Waals surface area contributed by atoms with Crippen LogP contribution in [0.2, 0.25) is 5.02 Å². The SMILES string of the molecule is COc1ccccc1-n1nc(OC2CCC(NOC(=O)C(F)(F)F)CC2)cc1-c1ccc(Cl)cc1. The van der Waals surface area contributed by atoms with E-state index in [-0.39, 0.29) is 12.1 Å². The highest BCUT2D eigenvalue weighted by atomic mass is 35.5. The molecule has 1 N–H and O–H groups in total. The summed E-state index contributed by atoms with van der Waals surface area (Å²) in [4.78, 5) is 15.0. The van der Waals surface area contributed by atoms with Crippen LogP contribution in [0.4, 0.5) is 13.2 Å². The van der Waals surface area contributed by atoms with Crippen LogP contribution in [0.5, 0.6) is 11.6 Å². The van der Waals surface area contributed by atoms with Crippen molar-refractivity contribution in [2.75, 3.05) is 7.11 Å². The van der Waals surface area contributed by atoms with E-state index in [4.69, 9.17) is 21.1 Å². The molecule has 11 heteroatoms. The van der Waals surface area contributed by atoms with Crippen LogP contribution < -0.4 is 15.0 Å². The van der Waals surface area contributed by atoms with E-state index in [2.05, 4.69) is 15.4 Å². The van der Waals surface area contributed by atoms with Crippen LogP contribution in [0.25, 0.3) is 16.9 Å². The van der Waals surface area contributed by atoms with E-state index in [0.717, 1.165) is 16.9 Å². The van der Waals surface area contributed by atoms with Gasteiger partial charge in [-0.3, -0.25) is 0 Å². The number of aromatic nitrogens is 2. The summed E-state index contributed by atoms with van der Waals surface area (Å²) in [6, 6.07) is 16.3. The Morgan fingerprint density at radius 3 is 2.43 bits per heavy atom. The molecule has 1 heterocycles. The van der Waals surface area contributed by atoms with Crippen LogP contribution >= 0.6 is 11.6 Å². The fourth-order valence-corrected chi connectivity index (χ4v) is 4.02. The number of rotatable bonds is 7. The molecule has 2 aromatic carbocycles. The molecule has 0 unspecified atom stereocenters. The second-order valence-corrected chi connectivity index (χ2v) is 8.49. The number of hydrogen-bond acceptors (Lipinski definition) is 6. The van der Waals surface area contributed by atoms with Gasteiger partial charge in [-0.2, -0.15) is 13.2 Å². The Labute approximate surface area is 204 Å². The molecule has 0 bridgehead atoms. The van der Waals surface area contributed by atoms with E-state index in [1.165, 1.54) is 0 Å². The summed E-state index contributed by atoms with van der Waals surface area (Å²) in [5, 5.41) is 5.27. The smallest absolute Gasteiger partial charge is 0.492 e. The monoisotopic (exact) mass is 509 g/mol. The van der Waals surface area contributed by atoms with Gasteiger partial charge in [-0.05, 0) is 49.9 Å². The first-order chi connectivity index (χ1) is 16.7. The average molecular weight is 510 g/mol. The highest BCUT2D eigenvalue weighted by Gasteiger charge is 2.42. The molecule has 1 aliphatic rings. The molecular formula is C24H23ClF3N3O4. The van der Waals surface area contributed by atoms with Gasteiger partial charge < -0.3 is 14.3 Å². The maximum atomic E-state index is 12.3. The first-order valence-electron chi connectivity index (χ1n) is 10.9. The summed E-state index contributed by atoms with van der Waals surface area (Å²) in [5.74, 6) is -1.22. The summed E-state index contributed by atoms with van der Waals surface area (Å²) < 4.78 is 50.3. The Morgan fingerprint density at radius 1 is 1.09 bits per heavy atom. The molecule has 0 amide bonds. The molecule has 1 fully saturated rings. The zero-order valence-corrected chi connectivity index (χ0v) is 19.5. The second-order valence-electron chi connectivity index (χ2n) is 8.05. The minimum atomic E-state index is -5.03. The van der Waals surface area contributed by atoms with Crippen molar-refractivity contribution in [3.05, 3.63) is 59.6 Å². The molecule has 0 spiro atoms. The summed E-state index contributed by atoms with van der Waals surface area (Å²) >= 11 is 6.06. The number of hydroxylamine groups is 1. The number of alkyl halides is 3. The largest absolute Gasteiger partial charge is 0.494 e. The van der Waals surface area contributed by atoms with E-state index < -0.39 is 12.1 Å². The Kier molecular flexibility index (Phi) is 7.51. The van der Waals surface area contributed by atoms with E-state index in [9.17, 15) is 18.0 Å². The van der Waals surface area contributed by atoms with Crippen molar-refractivity contribution in [2.45, 2.75) is 44.0 Å². The van der Waals surface area contributed by atoms with Crippen LogP contribution in [0.15, 0.2) is 54.6 Å². The summed E-state index contributed by atoms with van der Waals surface area (Å²) in [5.41, 5.74) is 4.60. The van der Waals surface area contributed by atoms with Crippen molar-refractivity contribution in [3.8, 4) is 28.6 Å². The summed E-state index contributed by atoms with van der Waals surface area (Å²) in [6.45, 7) is 0. The molecule has 7 nitrogen and oxygen atoms in total. The fourth-order valence-electron chi connectivity index (χ4n) is 3.90. The lowest BCUT2D eigenvalue weighted by atomic mass is 9.93. The van der Waals surface area contributed by atoms with Gasteiger partial charge in [0, 0.05) is 22.7 Å². The average Bonchev–Trinajstić information content (AvgIpc) is 3.26. The minimum Gasteiger partial charge on any atom is -0.494 e. The van der Waals surface area contributed by atoms with Gasteiger partial charge in [-0.15, -0.1) is 10.6 Å². The van der Waals surface area contributed by atoms with Crippen molar-refractivity contribution in [3.63, 3.8) is 0 Å². The lowest BCUT2D eigenvalue weighted by molar-refractivity contribution is -0.209. The molecule has 35 heavy (non-hydrogen) atoms. The van der Waals surface area contributed by atoms with Gasteiger partial charge in [-0.1, -0.05) is 35.9 Å². The Bertz CT molecular complexity index is 1160. The van der Waals surface area contributed by atoms with Crippen LogP contribution in [0, 0.1) is 0 Å². The molecule has 1 saturated carbocycles. The van der Waals surface area contributed by atoms with Gasteiger partial charge in [0.1, 0.15) is 17.5 Å². The van der Waals surface area contributed by atoms with E-state index in [1.54, 1.807) is 23.9 Å². The third kappa shape index (κ3) is 6.07. The molecule has 0 radical (unpaired) electrons. The van der Waals surface area contributed by atoms with Gasteiger partial charge in [0.15, 0.2) is 0 Å². The number of carbonyl (C=O) groups is 1. The number of hydrogen-bond donors (Lipinski definition) is 1. The molecule has 3 aromatic rings. The summed E-state index contributed by atoms with van der Waals surface area (Å²) in [6.07, 6.45) is -3.15. The van der Waals surface area contributed by atoms with Gasteiger partial charge in [-0.25, -0.2) is 9.48 Å². The van der Waals surface area contributed by atoms with Crippen LogP contribution in [0.3, 0.4) is 0 Å². The van der Waals surface area contributed by atoms with E-state index in [0.29, 0.717) is 42.3 Å². The number of nitrogens with one attached hydrogen (secondary N) is 1. The van der Waals surface area contributed by atoms with Crippen LogP contribution in [-0.2, 0) is 9.63 Å². The Morgan fingerprint density at radius 2 is 1.77 bits per heavy atom. The van der Waals surface area contributed by atoms with Crippen molar-refractivity contribution < 1.29 is 32.3 Å². The Balaban J connectivity index is 1.48. The predicted octanol–water partition coefficient (Wildman–Crippen LogP) is 5.50. The molecule has 0 atom stereocenters. The molecular weight excluding hydrogens is 487 g/mol. The zero-order chi connectivity index (χ0) is 25.0. The quantitative estimate of drug-likeness (QED) is 0.424. The molecule has 0 aliphatic heterocycles. The van der Waals surface area contributed by atoms with Gasteiger partial charge in [0.25, 0.3) is 0 Å². The lowest BCUT2D eigenvalue weighted by Gasteiger charge is -2.28. The van der Waals surface area contributed by atoms with Crippen molar-refractivity contribution in [2.24, 2.45) is 0 Å². The van der Waals surface area contributed by atoms with E-state index in [1.807, 2.05) is 42.5 Å². The van der Waals surface area contributed by atoms with Crippen LogP contribution in [-0.4, -0.2) is 41.2 Å². The van der Waals surface area contributed by atoms with Crippen LogP contribution in [0.1, 0.15) is 25.7 Å². The van der Waals surface area contributed by atoms with Crippen molar-refractivity contribution in [1.82, 2.24) is 15.3 Å².